The number of anilines is 2. The van der Waals surface area contributed by atoms with Crippen LogP contribution in [0.4, 0.5) is 11.5 Å². The molecule has 0 spiro atoms. The third-order valence-corrected chi connectivity index (χ3v) is 6.58. The number of carbonyl (C=O) groups excluding carboxylic acids is 1. The van der Waals surface area contributed by atoms with Crippen LogP contribution in [0, 0.1) is 5.92 Å². The summed E-state index contributed by atoms with van der Waals surface area (Å²) in [5.41, 5.74) is 5.97. The summed E-state index contributed by atoms with van der Waals surface area (Å²) in [6.07, 6.45) is 5.89. The number of aromatic nitrogens is 3. The lowest BCUT2D eigenvalue weighted by Gasteiger charge is -2.15. The molecule has 1 amide bonds. The summed E-state index contributed by atoms with van der Waals surface area (Å²) >= 11 is 6.56. The molecule has 0 saturated heterocycles. The Labute approximate surface area is 216 Å². The molecule has 186 valence electrons. The fourth-order valence-corrected chi connectivity index (χ4v) is 4.31. The van der Waals surface area contributed by atoms with E-state index >= 15 is 0 Å². The number of nitrogens with one attached hydrogen (secondary N) is 2. The second kappa shape index (κ2) is 9.82. The molecule has 1 saturated carbocycles. The molecule has 0 radical (unpaired) electrons. The van der Waals surface area contributed by atoms with E-state index in [0.29, 0.717) is 16.5 Å². The Kier molecular flexibility index (Phi) is 6.58. The summed E-state index contributed by atoms with van der Waals surface area (Å²) in [7, 11) is 4.05. The maximum Gasteiger partial charge on any atom is 0.253 e. The van der Waals surface area contributed by atoms with E-state index in [1.54, 1.807) is 6.07 Å². The summed E-state index contributed by atoms with van der Waals surface area (Å²) < 4.78 is 2.04. The molecule has 2 aromatic heterocycles. The summed E-state index contributed by atoms with van der Waals surface area (Å²) in [6, 6.07) is 14.2. The summed E-state index contributed by atoms with van der Waals surface area (Å²) in [6.45, 7) is 5.10. The van der Waals surface area contributed by atoms with Crippen LogP contribution in [0.15, 0.2) is 54.9 Å². The third-order valence-electron chi connectivity index (χ3n) is 6.27. The molecule has 1 aliphatic carbocycles. The lowest BCUT2D eigenvalue weighted by molar-refractivity contribution is 0.0951. The first kappa shape index (κ1) is 24.1. The van der Waals surface area contributed by atoms with Crippen molar-refractivity contribution in [1.82, 2.24) is 19.7 Å². The molecule has 2 heterocycles. The number of fused-ring (bicyclic) bond motifs is 1. The molecular weight excluding hydrogens is 472 g/mol. The lowest BCUT2D eigenvalue weighted by atomic mass is 10.1. The Morgan fingerprint density at radius 3 is 2.50 bits per heavy atom. The number of hydrogen-bond donors (Lipinski definition) is 2. The van der Waals surface area contributed by atoms with Crippen LogP contribution in [-0.2, 0) is 0 Å². The Balaban J connectivity index is 1.56. The predicted octanol–water partition coefficient (Wildman–Crippen LogP) is 5.74. The number of imidazole rings is 1. The SMILES string of the molecule is CC(C)CNc1nc(-c2ccc(N(C)C)cc2)cn2c(-c3ccc(C(=O)NC4CC4)c(Cl)c3)cnc12. The second-order valence-corrected chi connectivity index (χ2v) is 10.4. The van der Waals surface area contributed by atoms with E-state index in [0.717, 1.165) is 59.1 Å². The number of amides is 1. The summed E-state index contributed by atoms with van der Waals surface area (Å²) in [5, 5.41) is 6.89. The van der Waals surface area contributed by atoms with Crippen molar-refractivity contribution >= 4 is 34.7 Å². The first-order valence-corrected chi connectivity index (χ1v) is 12.7. The van der Waals surface area contributed by atoms with Gasteiger partial charge in [-0.1, -0.05) is 43.6 Å². The van der Waals surface area contributed by atoms with Gasteiger partial charge in [-0.15, -0.1) is 0 Å². The van der Waals surface area contributed by atoms with Gasteiger partial charge in [-0.25, -0.2) is 9.97 Å². The van der Waals surface area contributed by atoms with Crippen LogP contribution in [0.2, 0.25) is 5.02 Å². The van der Waals surface area contributed by atoms with Crippen LogP contribution < -0.4 is 15.5 Å². The van der Waals surface area contributed by atoms with Crippen molar-refractivity contribution in [1.29, 1.82) is 0 Å². The van der Waals surface area contributed by atoms with Crippen LogP contribution in [0.25, 0.3) is 28.2 Å². The highest BCUT2D eigenvalue weighted by Crippen LogP contribution is 2.31. The zero-order valence-corrected chi connectivity index (χ0v) is 21.8. The van der Waals surface area contributed by atoms with Crippen LogP contribution in [0.3, 0.4) is 0 Å². The molecule has 0 atom stereocenters. The molecule has 8 heteroatoms. The first-order chi connectivity index (χ1) is 17.3. The van der Waals surface area contributed by atoms with Gasteiger partial charge in [0.2, 0.25) is 0 Å². The van der Waals surface area contributed by atoms with E-state index in [1.807, 2.05) is 43.0 Å². The molecule has 5 rings (SSSR count). The van der Waals surface area contributed by atoms with Gasteiger partial charge in [-0.05, 0) is 43.0 Å². The second-order valence-electron chi connectivity index (χ2n) is 9.97. The number of nitrogens with zero attached hydrogens (tertiary/aromatic N) is 4. The largest absolute Gasteiger partial charge is 0.378 e. The summed E-state index contributed by atoms with van der Waals surface area (Å²) in [4.78, 5) is 24.2. The maximum atomic E-state index is 12.5. The Morgan fingerprint density at radius 2 is 1.86 bits per heavy atom. The van der Waals surface area contributed by atoms with Crippen molar-refractivity contribution in [3.8, 4) is 22.5 Å². The van der Waals surface area contributed by atoms with Gasteiger partial charge in [-0.3, -0.25) is 9.20 Å². The standard InChI is InChI=1S/C28H31ClN6O/c1-17(2)14-30-26-27-31-15-25(19-7-12-22(23(29)13-19)28(36)32-20-8-9-20)35(27)16-24(33-26)18-5-10-21(11-6-18)34(3)4/h5-7,10-13,15-17,20H,8-9,14H2,1-4H3,(H,30,33)(H,32,36). The first-order valence-electron chi connectivity index (χ1n) is 12.3. The molecule has 1 aliphatic rings. The van der Waals surface area contributed by atoms with Crippen molar-refractivity contribution in [2.45, 2.75) is 32.7 Å². The normalized spacial score (nSPS) is 13.3. The van der Waals surface area contributed by atoms with Gasteiger partial charge < -0.3 is 15.5 Å². The Bertz CT molecular complexity index is 1410. The lowest BCUT2D eigenvalue weighted by Crippen LogP contribution is -2.25. The Morgan fingerprint density at radius 1 is 1.14 bits per heavy atom. The monoisotopic (exact) mass is 502 g/mol. The van der Waals surface area contributed by atoms with Crippen LogP contribution in [-0.4, -0.2) is 47.0 Å². The van der Waals surface area contributed by atoms with Gasteiger partial charge in [-0.2, -0.15) is 0 Å². The molecular formula is C28H31ClN6O. The van der Waals surface area contributed by atoms with Gasteiger partial charge in [0.25, 0.3) is 5.91 Å². The highest BCUT2D eigenvalue weighted by atomic mass is 35.5. The van der Waals surface area contributed by atoms with Crippen molar-refractivity contribution < 1.29 is 4.79 Å². The van der Waals surface area contributed by atoms with Crippen molar-refractivity contribution in [3.63, 3.8) is 0 Å². The molecule has 0 unspecified atom stereocenters. The quantitative estimate of drug-likeness (QED) is 0.321. The van der Waals surface area contributed by atoms with E-state index < -0.39 is 0 Å². The van der Waals surface area contributed by atoms with Gasteiger partial charge in [0.1, 0.15) is 0 Å². The zero-order valence-electron chi connectivity index (χ0n) is 21.0. The van der Waals surface area contributed by atoms with Crippen molar-refractivity contribution in [2.75, 3.05) is 30.9 Å². The minimum absolute atomic E-state index is 0.125. The number of carbonyl (C=O) groups is 1. The van der Waals surface area contributed by atoms with Crippen LogP contribution in [0.5, 0.6) is 0 Å². The minimum atomic E-state index is -0.125. The molecule has 2 N–H and O–H groups in total. The highest BCUT2D eigenvalue weighted by molar-refractivity contribution is 6.34. The number of benzene rings is 2. The van der Waals surface area contributed by atoms with Crippen molar-refractivity contribution in [3.05, 3.63) is 65.4 Å². The van der Waals surface area contributed by atoms with E-state index in [4.69, 9.17) is 16.6 Å². The van der Waals surface area contributed by atoms with E-state index in [-0.39, 0.29) is 11.9 Å². The van der Waals surface area contributed by atoms with Crippen molar-refractivity contribution in [2.24, 2.45) is 5.92 Å². The van der Waals surface area contributed by atoms with Gasteiger partial charge in [0.05, 0.1) is 28.2 Å². The number of hydrogen-bond acceptors (Lipinski definition) is 5. The van der Waals surface area contributed by atoms with Gasteiger partial charge in [0.15, 0.2) is 11.5 Å². The maximum absolute atomic E-state index is 12.5. The number of rotatable bonds is 8. The highest BCUT2D eigenvalue weighted by Gasteiger charge is 2.25. The Hall–Kier alpha value is -3.58. The van der Waals surface area contributed by atoms with Gasteiger partial charge in [0, 0.05) is 49.7 Å². The molecule has 0 bridgehead atoms. The molecule has 36 heavy (non-hydrogen) atoms. The van der Waals surface area contributed by atoms with E-state index in [2.05, 4.69) is 58.6 Å². The molecule has 7 nitrogen and oxygen atoms in total. The van der Waals surface area contributed by atoms with Gasteiger partial charge >= 0.3 is 0 Å². The molecule has 2 aromatic carbocycles. The van der Waals surface area contributed by atoms with E-state index in [1.165, 1.54) is 0 Å². The fourth-order valence-electron chi connectivity index (χ4n) is 4.04. The summed E-state index contributed by atoms with van der Waals surface area (Å²) in [5.74, 6) is 1.06. The van der Waals surface area contributed by atoms with Crippen LogP contribution in [0.1, 0.15) is 37.0 Å². The molecule has 4 aromatic rings. The third kappa shape index (κ3) is 5.02. The molecule has 1 fully saturated rings. The average molecular weight is 503 g/mol. The van der Waals surface area contributed by atoms with Crippen LogP contribution >= 0.6 is 11.6 Å². The topological polar surface area (TPSA) is 74.6 Å². The predicted molar refractivity (Wildman–Crippen MR) is 147 cm³/mol. The van der Waals surface area contributed by atoms with E-state index in [9.17, 15) is 4.79 Å². The minimum Gasteiger partial charge on any atom is -0.378 e. The smallest absolute Gasteiger partial charge is 0.253 e. The zero-order chi connectivity index (χ0) is 25.4. The number of halogens is 1. The average Bonchev–Trinajstić information content (AvgIpc) is 3.56. The molecule has 0 aliphatic heterocycles. The fraction of sp³-hybridized carbons (Fsp3) is 0.321.